The van der Waals surface area contributed by atoms with Crippen LogP contribution in [0.15, 0.2) is 307 Å². The summed E-state index contributed by atoms with van der Waals surface area (Å²) in [6, 6.07) is 66.4. The van der Waals surface area contributed by atoms with E-state index in [1.165, 1.54) is 67.6 Å². The molecule has 0 saturated heterocycles. The summed E-state index contributed by atoms with van der Waals surface area (Å²) in [6.07, 6.45) is 31.4. The van der Waals surface area contributed by atoms with Gasteiger partial charge in [-0.05, 0) is 202 Å². The van der Waals surface area contributed by atoms with Gasteiger partial charge in [0.2, 0.25) is 5.95 Å². The van der Waals surface area contributed by atoms with Crippen LogP contribution in [0.4, 0.5) is 11.6 Å². The Kier molecular flexibility index (Phi) is 18.9. The maximum atomic E-state index is 12.7. The quantitative estimate of drug-likeness (QED) is 0.110. The summed E-state index contributed by atoms with van der Waals surface area (Å²) in [5.41, 5.74) is 29.0. The number of nitrogens with zero attached hydrogens (tertiary/aromatic N) is 8. The number of aromatic amines is 1. The Bertz CT molecular complexity index is 5620. The van der Waals surface area contributed by atoms with Crippen LogP contribution in [0.1, 0.15) is 144 Å². The molecule has 522 valence electrons. The number of carbonyl (C=O) groups excluding carboxylic acids is 4. The molecule has 3 N–H and O–H groups in total. The summed E-state index contributed by atoms with van der Waals surface area (Å²) in [7, 11) is 0. The molecule has 11 aromatic rings. The van der Waals surface area contributed by atoms with Crippen molar-refractivity contribution in [1.82, 2.24) is 50.2 Å². The lowest BCUT2D eigenvalue weighted by Crippen LogP contribution is -2.35. The molecule has 6 aromatic carbocycles. The van der Waals surface area contributed by atoms with Crippen LogP contribution < -0.4 is 10.6 Å². The van der Waals surface area contributed by atoms with E-state index in [2.05, 4.69) is 195 Å². The van der Waals surface area contributed by atoms with Crippen LogP contribution in [0, 0.1) is 0 Å². The minimum atomic E-state index is -0.00105. The van der Waals surface area contributed by atoms with E-state index >= 15 is 0 Å². The Morgan fingerprint density at radius 1 is 0.421 bits per heavy atom. The Morgan fingerprint density at radius 3 is 1.57 bits per heavy atom. The molecule has 4 atom stereocenters. The summed E-state index contributed by atoms with van der Waals surface area (Å²) >= 11 is 0. The molecule has 8 aliphatic carbocycles. The molecule has 1 aliphatic heterocycles. The van der Waals surface area contributed by atoms with Gasteiger partial charge < -0.3 is 15.6 Å². The number of hydrogen-bond acceptors (Lipinski definition) is 13. The molecular formula is C92H75N11O4. The Hall–Kier alpha value is -12.9. The van der Waals surface area contributed by atoms with E-state index in [0.29, 0.717) is 55.2 Å². The van der Waals surface area contributed by atoms with Gasteiger partial charge in [-0.2, -0.15) is 0 Å². The van der Waals surface area contributed by atoms with E-state index in [0.717, 1.165) is 135 Å². The minimum absolute atomic E-state index is 0.00105. The van der Waals surface area contributed by atoms with Crippen molar-refractivity contribution in [1.29, 1.82) is 0 Å². The Balaban J connectivity index is 0.000000106. The first-order chi connectivity index (χ1) is 52.7. The molecule has 1 amide bonds. The molecule has 6 heterocycles. The van der Waals surface area contributed by atoms with Crippen molar-refractivity contribution in [3.05, 3.63) is 363 Å². The van der Waals surface area contributed by atoms with Crippen molar-refractivity contribution >= 4 is 74.4 Å². The van der Waals surface area contributed by atoms with Crippen molar-refractivity contribution in [2.75, 3.05) is 11.9 Å². The highest BCUT2D eigenvalue weighted by molar-refractivity contribution is 6.07. The zero-order valence-corrected chi connectivity index (χ0v) is 58.9. The molecule has 4 unspecified atom stereocenters. The zero-order valence-electron chi connectivity index (χ0n) is 58.9. The van der Waals surface area contributed by atoms with Gasteiger partial charge in [0.25, 0.3) is 5.91 Å². The second-order valence-electron chi connectivity index (χ2n) is 28.2. The maximum absolute atomic E-state index is 12.7. The molecule has 0 spiro atoms. The molecule has 0 bridgehead atoms. The van der Waals surface area contributed by atoms with E-state index in [1.54, 1.807) is 25.0 Å². The van der Waals surface area contributed by atoms with Crippen LogP contribution in [0.5, 0.6) is 0 Å². The Morgan fingerprint density at radius 2 is 0.953 bits per heavy atom. The molecular weight excluding hydrogens is 1320 g/mol. The van der Waals surface area contributed by atoms with Gasteiger partial charge in [-0.25, -0.2) is 34.9 Å². The number of fused-ring (bicyclic) bond motifs is 2. The number of Topliss-reactive ketones (excluding diaryl/α,β-unsaturated/α-hetero) is 3. The van der Waals surface area contributed by atoms with Crippen LogP contribution in [0.3, 0.4) is 0 Å². The lowest BCUT2D eigenvalue weighted by molar-refractivity contribution is -0.118. The number of imidazole rings is 1. The second kappa shape index (κ2) is 30.1. The molecule has 20 rings (SSSR count). The maximum Gasteiger partial charge on any atom is 0.251 e. The van der Waals surface area contributed by atoms with Gasteiger partial charge in [0.05, 0.1) is 29.1 Å². The van der Waals surface area contributed by atoms with Crippen LogP contribution in [-0.2, 0) is 25.6 Å². The molecule has 5 aromatic heterocycles. The zero-order chi connectivity index (χ0) is 72.2. The lowest BCUT2D eigenvalue weighted by atomic mass is 9.78. The first kappa shape index (κ1) is 67.3. The first-order valence-corrected chi connectivity index (χ1v) is 36.8. The van der Waals surface area contributed by atoms with Crippen molar-refractivity contribution in [3.8, 4) is 11.3 Å². The summed E-state index contributed by atoms with van der Waals surface area (Å²) < 4.78 is 0. The molecule has 107 heavy (non-hydrogen) atoms. The Labute approximate surface area is 620 Å². The average molecular weight is 1400 g/mol. The number of para-hydroxylation sites is 1. The molecule has 0 fully saturated rings. The van der Waals surface area contributed by atoms with Crippen LogP contribution in [0.2, 0.25) is 0 Å². The fourth-order valence-electron chi connectivity index (χ4n) is 16.6. The third-order valence-electron chi connectivity index (χ3n) is 21.9. The summed E-state index contributed by atoms with van der Waals surface area (Å²) in [4.78, 5) is 87.9. The SMILES string of the molecule is O=C1CCC(c2ccccc2)C2=C1C=C(c1ccnc(-c3ccc4c(c3)C=CC4)c1)C2.O=C1CCC(c2ccccc2)C2=C1C=C(c1ccncn1)C2.O=C1CCC(c2ccccc2)C2=C1C=C(c1ncnc3nc[nH]c13)C2.O=C1NCC(c2ccccc2)C2=C1C=C(c1ccnc(Nc3ccccc3)n1)C2. The fraction of sp³-hybridized carbons (Fsp3) is 0.174. The number of H-pyrrole nitrogens is 1. The van der Waals surface area contributed by atoms with E-state index in [-0.39, 0.29) is 29.2 Å². The van der Waals surface area contributed by atoms with Gasteiger partial charge in [-0.3, -0.25) is 24.2 Å². The molecule has 9 aliphatic rings. The standard InChI is InChI=1S/C29H23NO.C24H20N4O.C20H16N4O.C19H16N2O/c31-29-12-11-25(20-5-2-1-3-6-20)26-16-24(17-27(26)29)22-13-14-30-28(18-22)23-10-9-19-7-4-8-21(19)15-23;29-23-20-14-17(13-19(20)21(15-26-23)16-7-3-1-4-8-16)22-11-12-25-24(28-22)27-18-9-5-2-6-10-18;25-17-7-6-14(12-4-2-1-3-5-12)15-8-13(9-16(15)17)18-19-20(23-10-21-18)24-11-22-19;22-19-7-6-15(13-4-2-1-3-5-13)16-10-14(11-17(16)19)18-8-9-20-12-21-18/h1-6,8-10,13-15,17-18,25H,7,11-12,16H2;1-12,14,21H,13,15H2,(H,26,29)(H,25,27,28);1-5,9-11,14H,6-8H2,(H,21,22,23,24);1-5,8-9,11-12,15H,6-7,10H2. The number of amides is 1. The van der Waals surface area contributed by atoms with Crippen molar-refractivity contribution in [2.24, 2.45) is 0 Å². The van der Waals surface area contributed by atoms with Crippen molar-refractivity contribution in [3.63, 3.8) is 0 Å². The lowest BCUT2D eigenvalue weighted by Gasteiger charge is -2.25. The van der Waals surface area contributed by atoms with Crippen LogP contribution in [0.25, 0.3) is 50.8 Å². The monoisotopic (exact) mass is 1400 g/mol. The van der Waals surface area contributed by atoms with Crippen LogP contribution >= 0.6 is 0 Å². The summed E-state index contributed by atoms with van der Waals surface area (Å²) in [6.45, 7) is 0.632. The van der Waals surface area contributed by atoms with Crippen LogP contribution in [-0.4, -0.2) is 74.7 Å². The number of aromatic nitrogens is 9. The van der Waals surface area contributed by atoms with Gasteiger partial charge in [0.1, 0.15) is 18.2 Å². The number of anilines is 2. The number of allylic oxidation sites excluding steroid dienone is 14. The topological polar surface area (TPSA) is 211 Å². The number of pyridine rings is 1. The van der Waals surface area contributed by atoms with Gasteiger partial charge >= 0.3 is 0 Å². The van der Waals surface area contributed by atoms with Gasteiger partial charge in [-0.1, -0.05) is 164 Å². The predicted octanol–water partition coefficient (Wildman–Crippen LogP) is 18.1. The fourth-order valence-corrected chi connectivity index (χ4v) is 16.6. The molecule has 0 radical (unpaired) electrons. The molecule has 15 nitrogen and oxygen atoms in total. The van der Waals surface area contributed by atoms with Crippen molar-refractivity contribution in [2.45, 2.75) is 94.3 Å². The second-order valence-corrected chi connectivity index (χ2v) is 28.2. The summed E-state index contributed by atoms with van der Waals surface area (Å²) in [5.74, 6) is 2.54. The normalized spacial score (nSPS) is 19.5. The van der Waals surface area contributed by atoms with Gasteiger partial charge in [0.15, 0.2) is 23.0 Å². The number of hydrogen-bond donors (Lipinski definition) is 3. The number of carbonyl (C=O) groups is 4. The minimum Gasteiger partial charge on any atom is -0.351 e. The number of benzene rings is 6. The first-order valence-electron chi connectivity index (χ1n) is 36.8. The number of nitrogens with one attached hydrogen (secondary N) is 3. The highest BCUT2D eigenvalue weighted by atomic mass is 16.2. The highest BCUT2D eigenvalue weighted by Gasteiger charge is 2.38. The van der Waals surface area contributed by atoms with E-state index in [4.69, 9.17) is 0 Å². The predicted molar refractivity (Wildman–Crippen MR) is 419 cm³/mol. The van der Waals surface area contributed by atoms with Crippen molar-refractivity contribution < 1.29 is 19.2 Å². The molecule has 0 saturated carbocycles. The van der Waals surface area contributed by atoms with Gasteiger partial charge in [0, 0.05) is 102 Å². The highest BCUT2D eigenvalue weighted by Crippen LogP contribution is 2.50. The van der Waals surface area contributed by atoms with E-state index in [1.807, 2.05) is 97.2 Å². The molecule has 15 heteroatoms. The third kappa shape index (κ3) is 14.1. The number of rotatable bonds is 11. The smallest absolute Gasteiger partial charge is 0.251 e. The van der Waals surface area contributed by atoms with Gasteiger partial charge in [-0.15, -0.1) is 0 Å². The van der Waals surface area contributed by atoms with E-state index < -0.39 is 0 Å². The number of ketones is 3. The largest absolute Gasteiger partial charge is 0.351 e. The van der Waals surface area contributed by atoms with E-state index in [9.17, 15) is 19.2 Å². The average Bonchev–Trinajstić information content (AvgIpc) is 1.65. The third-order valence-corrected chi connectivity index (χ3v) is 21.9. The summed E-state index contributed by atoms with van der Waals surface area (Å²) in [5, 5.41) is 6.26.